The summed E-state index contributed by atoms with van der Waals surface area (Å²) in [5.74, 6) is 0.342. The van der Waals surface area contributed by atoms with Crippen LogP contribution in [0.1, 0.15) is 12.5 Å². The average molecular weight is 257 g/mol. The number of aromatic nitrogens is 1. The molecule has 1 aromatic carbocycles. The van der Waals surface area contributed by atoms with Crippen LogP contribution in [-0.4, -0.2) is 24.7 Å². The molecule has 0 amide bonds. The number of hydrogen-bond donors (Lipinski definition) is 0. The number of ether oxygens (including phenoxy) is 2. The number of nitrogens with zero attached hydrogens (tertiary/aromatic N) is 1. The van der Waals surface area contributed by atoms with Crippen LogP contribution in [0.3, 0.4) is 0 Å². The Morgan fingerprint density at radius 2 is 2.21 bits per heavy atom. The van der Waals surface area contributed by atoms with Crippen LogP contribution in [0, 0.1) is 0 Å². The SMILES string of the molecule is CCOC(=O)/C=C/c1c(OC)ccc2cnccc12. The lowest BCUT2D eigenvalue weighted by molar-refractivity contribution is -0.137. The third-order valence-electron chi connectivity index (χ3n) is 2.71. The van der Waals surface area contributed by atoms with Crippen molar-refractivity contribution in [1.82, 2.24) is 4.98 Å². The van der Waals surface area contributed by atoms with E-state index in [0.717, 1.165) is 16.3 Å². The molecule has 0 spiro atoms. The molecule has 1 aromatic heterocycles. The van der Waals surface area contributed by atoms with Gasteiger partial charge in [-0.25, -0.2) is 4.79 Å². The fraction of sp³-hybridized carbons (Fsp3) is 0.200. The van der Waals surface area contributed by atoms with Gasteiger partial charge < -0.3 is 9.47 Å². The van der Waals surface area contributed by atoms with E-state index in [0.29, 0.717) is 12.4 Å². The van der Waals surface area contributed by atoms with E-state index in [4.69, 9.17) is 9.47 Å². The van der Waals surface area contributed by atoms with Gasteiger partial charge in [-0.1, -0.05) is 0 Å². The average Bonchev–Trinajstić information content (AvgIpc) is 2.44. The highest BCUT2D eigenvalue weighted by molar-refractivity contribution is 5.96. The summed E-state index contributed by atoms with van der Waals surface area (Å²) in [4.78, 5) is 15.5. The van der Waals surface area contributed by atoms with E-state index in [9.17, 15) is 4.79 Å². The molecule has 0 bridgehead atoms. The van der Waals surface area contributed by atoms with Gasteiger partial charge in [0, 0.05) is 29.4 Å². The van der Waals surface area contributed by atoms with E-state index in [1.54, 1.807) is 32.5 Å². The zero-order chi connectivity index (χ0) is 13.7. The van der Waals surface area contributed by atoms with Gasteiger partial charge in [0.05, 0.1) is 13.7 Å². The van der Waals surface area contributed by atoms with Crippen LogP contribution in [0.2, 0.25) is 0 Å². The highest BCUT2D eigenvalue weighted by atomic mass is 16.5. The third-order valence-corrected chi connectivity index (χ3v) is 2.71. The third kappa shape index (κ3) is 2.91. The zero-order valence-electron chi connectivity index (χ0n) is 10.9. The molecule has 4 nitrogen and oxygen atoms in total. The van der Waals surface area contributed by atoms with Crippen LogP contribution in [-0.2, 0) is 9.53 Å². The van der Waals surface area contributed by atoms with Gasteiger partial charge in [-0.15, -0.1) is 0 Å². The highest BCUT2D eigenvalue weighted by Gasteiger charge is 2.06. The maximum absolute atomic E-state index is 11.4. The van der Waals surface area contributed by atoms with E-state index >= 15 is 0 Å². The Kier molecular flexibility index (Phi) is 4.13. The summed E-state index contributed by atoms with van der Waals surface area (Å²) < 4.78 is 10.2. The van der Waals surface area contributed by atoms with Gasteiger partial charge in [-0.05, 0) is 36.6 Å². The summed E-state index contributed by atoms with van der Waals surface area (Å²) in [6, 6.07) is 5.68. The quantitative estimate of drug-likeness (QED) is 0.624. The fourth-order valence-electron chi connectivity index (χ4n) is 1.86. The van der Waals surface area contributed by atoms with Crippen LogP contribution in [0.4, 0.5) is 0 Å². The van der Waals surface area contributed by atoms with Gasteiger partial charge in [0.2, 0.25) is 0 Å². The van der Waals surface area contributed by atoms with E-state index < -0.39 is 0 Å². The number of benzene rings is 1. The first kappa shape index (κ1) is 13.1. The zero-order valence-corrected chi connectivity index (χ0v) is 10.9. The molecule has 98 valence electrons. The molecular weight excluding hydrogens is 242 g/mol. The highest BCUT2D eigenvalue weighted by Crippen LogP contribution is 2.28. The first-order valence-electron chi connectivity index (χ1n) is 6.01. The van der Waals surface area contributed by atoms with Crippen molar-refractivity contribution in [3.63, 3.8) is 0 Å². The van der Waals surface area contributed by atoms with Crippen molar-refractivity contribution in [3.8, 4) is 5.75 Å². The maximum atomic E-state index is 11.4. The Bertz CT molecular complexity index is 620. The van der Waals surface area contributed by atoms with E-state index in [-0.39, 0.29) is 5.97 Å². The van der Waals surface area contributed by atoms with Gasteiger partial charge in [0.25, 0.3) is 0 Å². The van der Waals surface area contributed by atoms with Crippen LogP contribution in [0.25, 0.3) is 16.8 Å². The minimum atomic E-state index is -0.365. The molecule has 0 saturated carbocycles. The molecule has 0 atom stereocenters. The van der Waals surface area contributed by atoms with Crippen molar-refractivity contribution >= 4 is 22.8 Å². The standard InChI is InChI=1S/C15H15NO3/c1-3-19-15(17)7-5-13-12-8-9-16-10-11(12)4-6-14(13)18-2/h4-10H,3H2,1-2H3/b7-5+. The summed E-state index contributed by atoms with van der Waals surface area (Å²) in [6.45, 7) is 2.13. The minimum absolute atomic E-state index is 0.361. The number of carbonyl (C=O) groups excluding carboxylic acids is 1. The van der Waals surface area contributed by atoms with Gasteiger partial charge in [0.15, 0.2) is 0 Å². The van der Waals surface area contributed by atoms with E-state index in [1.165, 1.54) is 6.08 Å². The molecule has 0 aliphatic carbocycles. The van der Waals surface area contributed by atoms with Crippen molar-refractivity contribution in [2.24, 2.45) is 0 Å². The number of fused-ring (bicyclic) bond motifs is 1. The van der Waals surface area contributed by atoms with Crippen LogP contribution < -0.4 is 4.74 Å². The van der Waals surface area contributed by atoms with E-state index in [1.807, 2.05) is 18.2 Å². The lowest BCUT2D eigenvalue weighted by atomic mass is 10.0. The Hall–Kier alpha value is -2.36. The molecular formula is C15H15NO3. The first-order chi connectivity index (χ1) is 9.26. The van der Waals surface area contributed by atoms with Crippen molar-refractivity contribution in [2.45, 2.75) is 6.92 Å². The van der Waals surface area contributed by atoms with Gasteiger partial charge in [-0.3, -0.25) is 4.98 Å². The lowest BCUT2D eigenvalue weighted by Gasteiger charge is -2.08. The van der Waals surface area contributed by atoms with Crippen LogP contribution in [0.5, 0.6) is 5.75 Å². The molecule has 0 fully saturated rings. The van der Waals surface area contributed by atoms with Crippen molar-refractivity contribution < 1.29 is 14.3 Å². The monoisotopic (exact) mass is 257 g/mol. The molecule has 19 heavy (non-hydrogen) atoms. The topological polar surface area (TPSA) is 48.4 Å². The summed E-state index contributed by atoms with van der Waals surface area (Å²) in [6.07, 6.45) is 6.60. The largest absolute Gasteiger partial charge is 0.496 e. The van der Waals surface area contributed by atoms with E-state index in [2.05, 4.69) is 4.98 Å². The second-order valence-corrected chi connectivity index (χ2v) is 3.86. The minimum Gasteiger partial charge on any atom is -0.496 e. The second kappa shape index (κ2) is 6.00. The number of methoxy groups -OCH3 is 1. The molecule has 2 aromatic rings. The molecule has 4 heteroatoms. The van der Waals surface area contributed by atoms with Crippen molar-refractivity contribution in [1.29, 1.82) is 0 Å². The number of hydrogen-bond acceptors (Lipinski definition) is 4. The van der Waals surface area contributed by atoms with Crippen molar-refractivity contribution in [2.75, 3.05) is 13.7 Å². The Morgan fingerprint density at radius 3 is 2.95 bits per heavy atom. The summed E-state index contributed by atoms with van der Waals surface area (Å²) in [5, 5.41) is 1.97. The van der Waals surface area contributed by atoms with Gasteiger partial charge in [-0.2, -0.15) is 0 Å². The predicted octanol–water partition coefficient (Wildman–Crippen LogP) is 2.82. The van der Waals surface area contributed by atoms with Crippen LogP contribution >= 0.6 is 0 Å². The normalized spacial score (nSPS) is 10.8. The smallest absolute Gasteiger partial charge is 0.330 e. The predicted molar refractivity (Wildman–Crippen MR) is 74.0 cm³/mol. The number of pyridine rings is 1. The number of esters is 1. The Morgan fingerprint density at radius 1 is 1.37 bits per heavy atom. The molecule has 0 N–H and O–H groups in total. The molecule has 1 heterocycles. The Balaban J connectivity index is 2.47. The number of carbonyl (C=O) groups is 1. The summed E-state index contributed by atoms with van der Waals surface area (Å²) >= 11 is 0. The number of rotatable bonds is 4. The van der Waals surface area contributed by atoms with Gasteiger partial charge in [0.1, 0.15) is 5.75 Å². The van der Waals surface area contributed by atoms with Crippen LogP contribution in [0.15, 0.2) is 36.7 Å². The van der Waals surface area contributed by atoms with Gasteiger partial charge >= 0.3 is 5.97 Å². The second-order valence-electron chi connectivity index (χ2n) is 3.86. The molecule has 2 rings (SSSR count). The molecule has 0 aliphatic rings. The molecule has 0 radical (unpaired) electrons. The first-order valence-corrected chi connectivity index (χ1v) is 6.01. The van der Waals surface area contributed by atoms with Crippen molar-refractivity contribution in [3.05, 3.63) is 42.2 Å². The maximum Gasteiger partial charge on any atom is 0.330 e. The molecule has 0 saturated heterocycles. The summed E-state index contributed by atoms with van der Waals surface area (Å²) in [7, 11) is 1.60. The molecule has 0 unspecified atom stereocenters. The lowest BCUT2D eigenvalue weighted by Crippen LogP contribution is -1.99. The molecule has 0 aliphatic heterocycles. The summed E-state index contributed by atoms with van der Waals surface area (Å²) in [5.41, 5.74) is 0.843. The fourth-order valence-corrected chi connectivity index (χ4v) is 1.86. The Labute approximate surface area is 111 Å².